The van der Waals surface area contributed by atoms with Crippen LogP contribution in [-0.2, 0) is 6.42 Å². The highest BCUT2D eigenvalue weighted by Gasteiger charge is 2.14. The minimum atomic E-state index is -0.833. The van der Waals surface area contributed by atoms with Gasteiger partial charge in [0, 0.05) is 6.42 Å². The van der Waals surface area contributed by atoms with Gasteiger partial charge in [0.15, 0.2) is 0 Å². The fourth-order valence-corrected chi connectivity index (χ4v) is 2.26. The van der Waals surface area contributed by atoms with E-state index in [0.717, 1.165) is 5.56 Å². The van der Waals surface area contributed by atoms with Crippen LogP contribution in [0, 0.1) is 11.6 Å². The quantitative estimate of drug-likeness (QED) is 0.908. The second-order valence-corrected chi connectivity index (χ2v) is 4.78. The van der Waals surface area contributed by atoms with E-state index in [1.165, 1.54) is 18.2 Å². The first-order valence-corrected chi connectivity index (χ1v) is 6.23. The molecule has 0 aromatic heterocycles. The van der Waals surface area contributed by atoms with Crippen molar-refractivity contribution in [3.05, 3.63) is 69.7 Å². The number of hydrogen-bond donors (Lipinski definition) is 1. The molecule has 2 rings (SSSR count). The second-order valence-electron chi connectivity index (χ2n) is 3.99. The SMILES string of the molecule is OC(Cc1ccc(F)cc1)c1cccc(F)c1Br. The summed E-state index contributed by atoms with van der Waals surface area (Å²) in [6.45, 7) is 0. The van der Waals surface area contributed by atoms with Crippen LogP contribution >= 0.6 is 15.9 Å². The van der Waals surface area contributed by atoms with Gasteiger partial charge in [-0.2, -0.15) is 0 Å². The zero-order valence-corrected chi connectivity index (χ0v) is 11.0. The Hall–Kier alpha value is -1.26. The fourth-order valence-electron chi connectivity index (χ4n) is 1.73. The molecule has 1 N–H and O–H groups in total. The van der Waals surface area contributed by atoms with Crippen LogP contribution < -0.4 is 0 Å². The van der Waals surface area contributed by atoms with Gasteiger partial charge in [-0.25, -0.2) is 8.78 Å². The Morgan fingerprint density at radius 3 is 2.39 bits per heavy atom. The van der Waals surface area contributed by atoms with Crippen molar-refractivity contribution in [2.45, 2.75) is 12.5 Å². The third-order valence-corrected chi connectivity index (χ3v) is 3.52. The van der Waals surface area contributed by atoms with E-state index in [0.29, 0.717) is 12.0 Å². The number of aliphatic hydroxyl groups excluding tert-OH is 1. The Kier molecular flexibility index (Phi) is 4.09. The molecule has 0 saturated carbocycles. The van der Waals surface area contributed by atoms with E-state index in [4.69, 9.17) is 0 Å². The standard InChI is InChI=1S/C14H11BrF2O/c15-14-11(2-1-3-12(14)17)13(18)8-9-4-6-10(16)7-5-9/h1-7,13,18H,8H2. The van der Waals surface area contributed by atoms with Crippen LogP contribution in [0.3, 0.4) is 0 Å². The normalized spacial score (nSPS) is 12.4. The third-order valence-electron chi connectivity index (χ3n) is 2.68. The largest absolute Gasteiger partial charge is 0.388 e. The van der Waals surface area contributed by atoms with Crippen molar-refractivity contribution in [2.24, 2.45) is 0 Å². The maximum Gasteiger partial charge on any atom is 0.137 e. The summed E-state index contributed by atoms with van der Waals surface area (Å²) in [5.74, 6) is -0.731. The van der Waals surface area contributed by atoms with E-state index in [-0.39, 0.29) is 10.3 Å². The molecule has 18 heavy (non-hydrogen) atoms. The number of benzene rings is 2. The zero-order valence-electron chi connectivity index (χ0n) is 9.41. The lowest BCUT2D eigenvalue weighted by Gasteiger charge is -2.13. The topological polar surface area (TPSA) is 20.2 Å². The molecule has 94 valence electrons. The fraction of sp³-hybridized carbons (Fsp3) is 0.143. The highest BCUT2D eigenvalue weighted by atomic mass is 79.9. The predicted octanol–water partition coefficient (Wildman–Crippen LogP) is 4.00. The van der Waals surface area contributed by atoms with Crippen LogP contribution in [0.1, 0.15) is 17.2 Å². The van der Waals surface area contributed by atoms with Crippen LogP contribution in [0.5, 0.6) is 0 Å². The van der Waals surface area contributed by atoms with Crippen molar-refractivity contribution in [1.82, 2.24) is 0 Å². The van der Waals surface area contributed by atoms with Crippen LogP contribution in [0.25, 0.3) is 0 Å². The van der Waals surface area contributed by atoms with E-state index >= 15 is 0 Å². The van der Waals surface area contributed by atoms with E-state index in [1.54, 1.807) is 24.3 Å². The van der Waals surface area contributed by atoms with Gasteiger partial charge in [-0.05, 0) is 45.3 Å². The van der Waals surface area contributed by atoms with Gasteiger partial charge in [-0.15, -0.1) is 0 Å². The summed E-state index contributed by atoms with van der Waals surface area (Å²) in [5, 5.41) is 10.1. The molecule has 1 atom stereocenters. The molecule has 0 radical (unpaired) electrons. The molecule has 0 heterocycles. The molecule has 2 aromatic rings. The first-order valence-electron chi connectivity index (χ1n) is 5.44. The minimum Gasteiger partial charge on any atom is -0.388 e. The van der Waals surface area contributed by atoms with Crippen molar-refractivity contribution in [2.75, 3.05) is 0 Å². The molecule has 0 spiro atoms. The highest BCUT2D eigenvalue weighted by Crippen LogP contribution is 2.28. The Bertz CT molecular complexity index is 540. The van der Waals surface area contributed by atoms with Crippen molar-refractivity contribution in [3.8, 4) is 0 Å². The summed E-state index contributed by atoms with van der Waals surface area (Å²) < 4.78 is 26.3. The number of rotatable bonds is 3. The molecule has 0 fully saturated rings. The summed E-state index contributed by atoms with van der Waals surface area (Å²) in [7, 11) is 0. The van der Waals surface area contributed by atoms with Gasteiger partial charge in [-0.3, -0.25) is 0 Å². The maximum absolute atomic E-state index is 13.3. The number of halogens is 3. The van der Waals surface area contributed by atoms with Gasteiger partial charge in [0.1, 0.15) is 11.6 Å². The van der Waals surface area contributed by atoms with Gasteiger partial charge in [0.25, 0.3) is 0 Å². The molecule has 0 aliphatic carbocycles. The molecule has 1 nitrogen and oxygen atoms in total. The lowest BCUT2D eigenvalue weighted by Crippen LogP contribution is -2.03. The molecule has 2 aromatic carbocycles. The number of hydrogen-bond acceptors (Lipinski definition) is 1. The minimum absolute atomic E-state index is 0.264. The van der Waals surface area contributed by atoms with Gasteiger partial charge < -0.3 is 5.11 Å². The summed E-state index contributed by atoms with van der Waals surface area (Å²) in [6, 6.07) is 10.4. The lowest BCUT2D eigenvalue weighted by molar-refractivity contribution is 0.177. The van der Waals surface area contributed by atoms with E-state index in [1.807, 2.05) is 0 Å². The smallest absolute Gasteiger partial charge is 0.137 e. The van der Waals surface area contributed by atoms with Gasteiger partial charge in [0.2, 0.25) is 0 Å². The molecular weight excluding hydrogens is 302 g/mol. The van der Waals surface area contributed by atoms with Crippen molar-refractivity contribution >= 4 is 15.9 Å². The van der Waals surface area contributed by atoms with Crippen LogP contribution in [0.2, 0.25) is 0 Å². The second kappa shape index (κ2) is 5.59. The van der Waals surface area contributed by atoms with E-state index in [2.05, 4.69) is 15.9 Å². The molecule has 1 unspecified atom stereocenters. The average molecular weight is 313 g/mol. The van der Waals surface area contributed by atoms with Crippen molar-refractivity contribution in [3.63, 3.8) is 0 Å². The highest BCUT2D eigenvalue weighted by molar-refractivity contribution is 9.10. The zero-order chi connectivity index (χ0) is 13.1. The van der Waals surface area contributed by atoms with Crippen molar-refractivity contribution < 1.29 is 13.9 Å². The third kappa shape index (κ3) is 2.94. The van der Waals surface area contributed by atoms with E-state index < -0.39 is 11.9 Å². The van der Waals surface area contributed by atoms with Gasteiger partial charge in [-0.1, -0.05) is 24.3 Å². The molecule has 0 aliphatic rings. The molecule has 4 heteroatoms. The van der Waals surface area contributed by atoms with Crippen LogP contribution in [0.4, 0.5) is 8.78 Å². The maximum atomic E-state index is 13.3. The lowest BCUT2D eigenvalue weighted by atomic mass is 10.0. The number of aliphatic hydroxyl groups is 1. The van der Waals surface area contributed by atoms with Crippen molar-refractivity contribution in [1.29, 1.82) is 0 Å². The van der Waals surface area contributed by atoms with Crippen LogP contribution in [0.15, 0.2) is 46.9 Å². The molecular formula is C14H11BrF2O. The first-order chi connectivity index (χ1) is 8.58. The molecule has 0 amide bonds. The Morgan fingerprint density at radius 1 is 1.06 bits per heavy atom. The predicted molar refractivity (Wildman–Crippen MR) is 69.2 cm³/mol. The van der Waals surface area contributed by atoms with Gasteiger partial charge in [0.05, 0.1) is 10.6 Å². The summed E-state index contributed by atoms with van der Waals surface area (Å²) in [6.07, 6.45) is -0.525. The average Bonchev–Trinajstić information content (AvgIpc) is 2.35. The Labute approximate surface area is 112 Å². The Balaban J connectivity index is 2.19. The Morgan fingerprint density at radius 2 is 1.72 bits per heavy atom. The molecule has 0 saturated heterocycles. The van der Waals surface area contributed by atoms with E-state index in [9.17, 15) is 13.9 Å². The van der Waals surface area contributed by atoms with Gasteiger partial charge >= 0.3 is 0 Å². The monoisotopic (exact) mass is 312 g/mol. The summed E-state index contributed by atoms with van der Waals surface area (Å²) >= 11 is 3.11. The molecule has 0 aliphatic heterocycles. The first kappa shape index (κ1) is 13.2. The van der Waals surface area contributed by atoms with Crippen LogP contribution in [-0.4, -0.2) is 5.11 Å². The summed E-state index contributed by atoms with van der Waals surface area (Å²) in [4.78, 5) is 0. The molecule has 0 bridgehead atoms. The summed E-state index contributed by atoms with van der Waals surface area (Å²) in [5.41, 5.74) is 1.28.